The monoisotopic (exact) mass is 476 g/mol. The Balaban J connectivity index is 2.03. The molecule has 3 aromatic carbocycles. The van der Waals surface area contributed by atoms with Gasteiger partial charge in [0.25, 0.3) is 10.0 Å². The number of nitrogens with one attached hydrogen (secondary N) is 1. The van der Waals surface area contributed by atoms with Gasteiger partial charge < -0.3 is 10.1 Å². The van der Waals surface area contributed by atoms with Crippen LogP contribution in [0.5, 0.6) is 5.75 Å². The van der Waals surface area contributed by atoms with E-state index >= 15 is 0 Å². The van der Waals surface area contributed by atoms with Gasteiger partial charge in [-0.2, -0.15) is 0 Å². The van der Waals surface area contributed by atoms with E-state index in [0.717, 1.165) is 22.0 Å². The highest BCUT2D eigenvalue weighted by atomic mass is 35.5. The highest BCUT2D eigenvalue weighted by Gasteiger charge is 2.30. The minimum atomic E-state index is -4.24. The molecule has 0 fully saturated rings. The first-order chi connectivity index (χ1) is 15.1. The van der Waals surface area contributed by atoms with Crippen molar-refractivity contribution >= 4 is 38.9 Å². The van der Waals surface area contributed by atoms with Gasteiger partial charge in [0.2, 0.25) is 5.91 Å². The molecule has 0 saturated carbocycles. The summed E-state index contributed by atoms with van der Waals surface area (Å²) in [7, 11) is -2.88. The van der Waals surface area contributed by atoms with Crippen LogP contribution in [0.4, 0.5) is 15.8 Å². The maximum absolute atomic E-state index is 13.6. The second-order valence-corrected chi connectivity index (χ2v) is 9.42. The zero-order valence-electron chi connectivity index (χ0n) is 17.7. The number of carbonyl (C=O) groups excluding carboxylic acids is 1. The van der Waals surface area contributed by atoms with Gasteiger partial charge in [0.15, 0.2) is 0 Å². The minimum absolute atomic E-state index is 0.101. The van der Waals surface area contributed by atoms with Gasteiger partial charge in [-0.1, -0.05) is 23.7 Å². The summed E-state index contributed by atoms with van der Waals surface area (Å²) in [5.41, 5.74) is 2.06. The summed E-state index contributed by atoms with van der Waals surface area (Å²) in [6.07, 6.45) is 0. The number of benzene rings is 3. The molecule has 1 amide bonds. The molecule has 0 bridgehead atoms. The van der Waals surface area contributed by atoms with Crippen molar-refractivity contribution in [2.24, 2.45) is 0 Å². The Morgan fingerprint density at radius 1 is 1.06 bits per heavy atom. The van der Waals surface area contributed by atoms with Gasteiger partial charge in [-0.05, 0) is 73.5 Å². The van der Waals surface area contributed by atoms with Crippen LogP contribution >= 0.6 is 11.6 Å². The fourth-order valence-electron chi connectivity index (χ4n) is 3.08. The number of sulfonamides is 1. The molecule has 0 aromatic heterocycles. The van der Waals surface area contributed by atoms with Crippen molar-refractivity contribution in [1.29, 1.82) is 0 Å². The van der Waals surface area contributed by atoms with Gasteiger partial charge in [-0.15, -0.1) is 0 Å². The number of anilines is 2. The van der Waals surface area contributed by atoms with Crippen molar-refractivity contribution in [2.75, 3.05) is 23.3 Å². The van der Waals surface area contributed by atoms with Crippen LogP contribution in [0.1, 0.15) is 11.1 Å². The first-order valence-electron chi connectivity index (χ1n) is 9.61. The van der Waals surface area contributed by atoms with Crippen molar-refractivity contribution in [3.63, 3.8) is 0 Å². The van der Waals surface area contributed by atoms with E-state index in [-0.39, 0.29) is 16.3 Å². The van der Waals surface area contributed by atoms with Gasteiger partial charge in [0.05, 0.1) is 12.8 Å². The van der Waals surface area contributed by atoms with Gasteiger partial charge in [-0.3, -0.25) is 9.10 Å². The second kappa shape index (κ2) is 9.58. The first kappa shape index (κ1) is 23.6. The SMILES string of the molecule is COc1ccc(C)cc1S(=O)(=O)N(CC(=O)Nc1cc(Cl)ccc1C)c1ccc(F)cc1. The third kappa shape index (κ3) is 5.20. The molecule has 0 aliphatic carbocycles. The van der Waals surface area contributed by atoms with Crippen LogP contribution in [0.25, 0.3) is 0 Å². The number of hydrogen-bond acceptors (Lipinski definition) is 4. The molecule has 1 N–H and O–H groups in total. The van der Waals surface area contributed by atoms with Gasteiger partial charge in [0.1, 0.15) is 23.0 Å². The lowest BCUT2D eigenvalue weighted by atomic mass is 10.2. The van der Waals surface area contributed by atoms with Gasteiger partial charge in [-0.25, -0.2) is 12.8 Å². The lowest BCUT2D eigenvalue weighted by molar-refractivity contribution is -0.114. The number of aryl methyl sites for hydroxylation is 2. The topological polar surface area (TPSA) is 75.7 Å². The molecule has 9 heteroatoms. The smallest absolute Gasteiger partial charge is 0.268 e. The Kier molecular flexibility index (Phi) is 7.06. The molecule has 3 rings (SSSR count). The van der Waals surface area contributed by atoms with E-state index in [1.54, 1.807) is 44.2 Å². The van der Waals surface area contributed by atoms with E-state index in [9.17, 15) is 17.6 Å². The van der Waals surface area contributed by atoms with Crippen LogP contribution in [-0.4, -0.2) is 28.0 Å². The summed E-state index contributed by atoms with van der Waals surface area (Å²) in [5.74, 6) is -0.984. The van der Waals surface area contributed by atoms with E-state index in [0.29, 0.717) is 16.3 Å². The number of hydrogen-bond donors (Lipinski definition) is 1. The number of ether oxygens (including phenoxy) is 1. The maximum atomic E-state index is 13.6. The molecular weight excluding hydrogens is 455 g/mol. The average molecular weight is 477 g/mol. The second-order valence-electron chi connectivity index (χ2n) is 7.15. The third-order valence-corrected chi connectivity index (χ3v) is 6.79. The molecular formula is C23H22ClFN2O4S. The molecule has 6 nitrogen and oxygen atoms in total. The van der Waals surface area contributed by atoms with E-state index in [1.165, 1.54) is 25.3 Å². The summed E-state index contributed by atoms with van der Waals surface area (Å²) in [5, 5.41) is 3.12. The van der Waals surface area contributed by atoms with Crippen LogP contribution in [0, 0.1) is 19.7 Å². The number of methoxy groups -OCH3 is 1. The zero-order valence-corrected chi connectivity index (χ0v) is 19.3. The first-order valence-corrected chi connectivity index (χ1v) is 11.4. The highest BCUT2D eigenvalue weighted by molar-refractivity contribution is 7.93. The summed E-state index contributed by atoms with van der Waals surface area (Å²) in [6.45, 7) is 2.99. The molecule has 0 aliphatic rings. The molecule has 32 heavy (non-hydrogen) atoms. The number of amides is 1. The summed E-state index contributed by atoms with van der Waals surface area (Å²) < 4.78 is 46.9. The number of halogens is 2. The summed E-state index contributed by atoms with van der Waals surface area (Å²) in [6, 6.07) is 14.6. The van der Waals surface area contributed by atoms with Crippen LogP contribution in [0.2, 0.25) is 5.02 Å². The molecule has 0 spiro atoms. The molecule has 0 unspecified atom stereocenters. The molecule has 0 radical (unpaired) electrons. The Labute approximate surface area is 191 Å². The molecule has 168 valence electrons. The predicted octanol–water partition coefficient (Wildman–Crippen LogP) is 4.94. The number of nitrogens with zero attached hydrogens (tertiary/aromatic N) is 1. The Hall–Kier alpha value is -3.10. The molecule has 3 aromatic rings. The normalized spacial score (nSPS) is 11.2. The molecule has 0 heterocycles. The fourth-order valence-corrected chi connectivity index (χ4v) is 4.91. The van der Waals surface area contributed by atoms with E-state index < -0.39 is 28.3 Å². The fraction of sp³-hybridized carbons (Fsp3) is 0.174. The van der Waals surface area contributed by atoms with Crippen molar-refractivity contribution in [2.45, 2.75) is 18.7 Å². The Morgan fingerprint density at radius 3 is 2.41 bits per heavy atom. The number of rotatable bonds is 7. The third-order valence-electron chi connectivity index (χ3n) is 4.76. The van der Waals surface area contributed by atoms with E-state index in [4.69, 9.17) is 16.3 Å². The summed E-state index contributed by atoms with van der Waals surface area (Å²) >= 11 is 6.01. The molecule has 0 saturated heterocycles. The molecule has 0 atom stereocenters. The zero-order chi connectivity index (χ0) is 23.5. The largest absolute Gasteiger partial charge is 0.495 e. The van der Waals surface area contributed by atoms with Crippen molar-refractivity contribution in [3.05, 3.63) is 82.6 Å². The quantitative estimate of drug-likeness (QED) is 0.524. The highest BCUT2D eigenvalue weighted by Crippen LogP contribution is 2.31. The lowest BCUT2D eigenvalue weighted by Crippen LogP contribution is -2.38. The van der Waals surface area contributed by atoms with Gasteiger partial charge in [0, 0.05) is 10.7 Å². The van der Waals surface area contributed by atoms with E-state index in [1.807, 2.05) is 0 Å². The van der Waals surface area contributed by atoms with Crippen LogP contribution in [0.15, 0.2) is 65.6 Å². The lowest BCUT2D eigenvalue weighted by Gasteiger charge is -2.25. The van der Waals surface area contributed by atoms with E-state index in [2.05, 4.69) is 5.32 Å². The average Bonchev–Trinajstić information content (AvgIpc) is 2.75. The number of carbonyl (C=O) groups is 1. The van der Waals surface area contributed by atoms with Crippen molar-refractivity contribution in [3.8, 4) is 5.75 Å². The van der Waals surface area contributed by atoms with Crippen LogP contribution in [-0.2, 0) is 14.8 Å². The van der Waals surface area contributed by atoms with Crippen molar-refractivity contribution in [1.82, 2.24) is 0 Å². The Morgan fingerprint density at radius 2 is 1.75 bits per heavy atom. The van der Waals surface area contributed by atoms with Crippen LogP contribution < -0.4 is 14.4 Å². The Bertz CT molecular complexity index is 1250. The molecule has 0 aliphatic heterocycles. The van der Waals surface area contributed by atoms with Gasteiger partial charge >= 0.3 is 0 Å². The van der Waals surface area contributed by atoms with Crippen molar-refractivity contribution < 1.29 is 22.3 Å². The standard InChI is InChI=1S/C23H22ClFN2O4S/c1-15-4-11-21(31-3)22(12-15)32(29,30)27(19-9-7-18(25)8-10-19)14-23(28)26-20-13-17(24)6-5-16(20)2/h4-13H,14H2,1-3H3,(H,26,28). The maximum Gasteiger partial charge on any atom is 0.268 e. The van der Waals surface area contributed by atoms with Crippen LogP contribution in [0.3, 0.4) is 0 Å². The minimum Gasteiger partial charge on any atom is -0.495 e. The summed E-state index contributed by atoms with van der Waals surface area (Å²) in [4.78, 5) is 12.8. The predicted molar refractivity (Wildman–Crippen MR) is 123 cm³/mol.